The molecule has 0 bridgehead atoms. The Bertz CT molecular complexity index is 432. The Morgan fingerprint density at radius 3 is 2.25 bits per heavy atom. The lowest BCUT2D eigenvalue weighted by Crippen LogP contribution is -2.59. The molecule has 0 aromatic rings. The molecule has 2 N–H and O–H groups in total. The second kappa shape index (κ2) is 5.52. The minimum Gasteiger partial charge on any atom is -0.340 e. The van der Waals surface area contributed by atoms with Crippen molar-refractivity contribution < 1.29 is 9.59 Å². The molecule has 0 unspecified atom stereocenters. The van der Waals surface area contributed by atoms with E-state index in [0.717, 1.165) is 51.9 Å². The zero-order valence-corrected chi connectivity index (χ0v) is 11.8. The average Bonchev–Trinajstić information content (AvgIpc) is 2.73. The summed E-state index contributed by atoms with van der Waals surface area (Å²) in [5.41, 5.74) is -0.881. The first kappa shape index (κ1) is 13.5. The number of guanidine groups is 1. The number of amides is 2. The van der Waals surface area contributed by atoms with Crippen LogP contribution in [0.4, 0.5) is 0 Å². The maximum Gasteiger partial charge on any atom is 0.264 e. The lowest BCUT2D eigenvalue weighted by molar-refractivity contribution is -0.143. The molecule has 110 valence electrons. The Balaban J connectivity index is 1.81. The first-order valence-corrected chi connectivity index (χ1v) is 7.63. The maximum absolute atomic E-state index is 12.5. The van der Waals surface area contributed by atoms with Gasteiger partial charge >= 0.3 is 0 Å². The molecule has 0 aromatic heterocycles. The molecule has 2 heterocycles. The largest absolute Gasteiger partial charge is 0.340 e. The standard InChI is InChI=1S/C14H22N4O2/c19-11-14(5-3-1-2-4-6-14)12(20)17-13(16-11)18-9-7-15-8-10-18/h15H,1-10H2,(H,16,17,19,20). The quantitative estimate of drug-likeness (QED) is 0.623. The summed E-state index contributed by atoms with van der Waals surface area (Å²) in [6.07, 6.45) is 5.40. The maximum atomic E-state index is 12.5. The molecule has 2 aliphatic heterocycles. The number of nitrogens with one attached hydrogen (secondary N) is 2. The molecule has 0 aromatic carbocycles. The van der Waals surface area contributed by atoms with Crippen LogP contribution in [-0.2, 0) is 9.59 Å². The molecule has 1 spiro atoms. The van der Waals surface area contributed by atoms with E-state index in [-0.39, 0.29) is 11.8 Å². The fourth-order valence-electron chi connectivity index (χ4n) is 3.35. The summed E-state index contributed by atoms with van der Waals surface area (Å²) in [5, 5.41) is 6.14. The molecule has 2 fully saturated rings. The summed E-state index contributed by atoms with van der Waals surface area (Å²) in [5.74, 6) is 0.0981. The number of rotatable bonds is 0. The highest BCUT2D eigenvalue weighted by Gasteiger charge is 2.49. The molecular formula is C14H22N4O2. The summed E-state index contributed by atoms with van der Waals surface area (Å²) in [6.45, 7) is 3.27. The van der Waals surface area contributed by atoms with Gasteiger partial charge in [-0.05, 0) is 12.8 Å². The fraction of sp³-hybridized carbons (Fsp3) is 0.786. The van der Waals surface area contributed by atoms with Gasteiger partial charge in [-0.2, -0.15) is 4.99 Å². The summed E-state index contributed by atoms with van der Waals surface area (Å²) in [4.78, 5) is 31.2. The van der Waals surface area contributed by atoms with Crippen LogP contribution in [0.1, 0.15) is 38.5 Å². The summed E-state index contributed by atoms with van der Waals surface area (Å²) >= 11 is 0. The van der Waals surface area contributed by atoms with Crippen molar-refractivity contribution in [1.29, 1.82) is 0 Å². The monoisotopic (exact) mass is 278 g/mol. The minimum atomic E-state index is -0.881. The molecule has 0 radical (unpaired) electrons. The highest BCUT2D eigenvalue weighted by molar-refractivity contribution is 6.18. The number of piperazine rings is 1. The Morgan fingerprint density at radius 2 is 1.65 bits per heavy atom. The van der Waals surface area contributed by atoms with E-state index in [1.807, 2.05) is 4.90 Å². The van der Waals surface area contributed by atoms with E-state index in [2.05, 4.69) is 15.6 Å². The predicted octanol–water partition coefficient (Wildman–Crippen LogP) is 0.245. The van der Waals surface area contributed by atoms with Crippen molar-refractivity contribution >= 4 is 17.8 Å². The number of nitrogens with zero attached hydrogens (tertiary/aromatic N) is 2. The molecule has 1 saturated carbocycles. The summed E-state index contributed by atoms with van der Waals surface area (Å²) < 4.78 is 0. The molecule has 3 rings (SSSR count). The van der Waals surface area contributed by atoms with Crippen LogP contribution >= 0.6 is 0 Å². The zero-order valence-electron chi connectivity index (χ0n) is 11.8. The molecule has 6 nitrogen and oxygen atoms in total. The van der Waals surface area contributed by atoms with Gasteiger partial charge in [-0.1, -0.05) is 25.7 Å². The van der Waals surface area contributed by atoms with Crippen LogP contribution in [0.15, 0.2) is 4.99 Å². The third-order valence-electron chi connectivity index (χ3n) is 4.65. The number of aliphatic imine (C=N–C) groups is 1. The van der Waals surface area contributed by atoms with Gasteiger partial charge in [0, 0.05) is 26.2 Å². The van der Waals surface area contributed by atoms with Gasteiger partial charge in [-0.3, -0.25) is 14.9 Å². The van der Waals surface area contributed by atoms with Gasteiger partial charge in [0.15, 0.2) is 0 Å². The van der Waals surface area contributed by atoms with Gasteiger partial charge in [0.25, 0.3) is 5.91 Å². The van der Waals surface area contributed by atoms with Crippen LogP contribution in [0.25, 0.3) is 0 Å². The highest BCUT2D eigenvalue weighted by Crippen LogP contribution is 2.38. The number of hydrogen-bond donors (Lipinski definition) is 2. The van der Waals surface area contributed by atoms with Gasteiger partial charge < -0.3 is 10.2 Å². The van der Waals surface area contributed by atoms with Crippen LogP contribution in [0.2, 0.25) is 0 Å². The number of hydrogen-bond acceptors (Lipinski definition) is 4. The van der Waals surface area contributed by atoms with Gasteiger partial charge in [0.1, 0.15) is 5.41 Å². The third-order valence-corrected chi connectivity index (χ3v) is 4.65. The third kappa shape index (κ3) is 2.32. The first-order chi connectivity index (χ1) is 9.72. The topological polar surface area (TPSA) is 73.8 Å². The average molecular weight is 278 g/mol. The Morgan fingerprint density at radius 1 is 1.00 bits per heavy atom. The molecule has 3 aliphatic rings. The lowest BCUT2D eigenvalue weighted by atomic mass is 9.78. The summed E-state index contributed by atoms with van der Waals surface area (Å²) in [6, 6.07) is 0. The van der Waals surface area contributed by atoms with Gasteiger partial charge in [-0.25, -0.2) is 0 Å². The van der Waals surface area contributed by atoms with E-state index in [9.17, 15) is 9.59 Å². The van der Waals surface area contributed by atoms with E-state index >= 15 is 0 Å². The second-order valence-electron chi connectivity index (χ2n) is 5.93. The molecule has 2 amide bonds. The lowest BCUT2D eigenvalue weighted by Gasteiger charge is -2.36. The fourth-order valence-corrected chi connectivity index (χ4v) is 3.35. The van der Waals surface area contributed by atoms with Crippen LogP contribution in [-0.4, -0.2) is 48.9 Å². The predicted molar refractivity (Wildman–Crippen MR) is 75.2 cm³/mol. The van der Waals surface area contributed by atoms with Gasteiger partial charge in [0.05, 0.1) is 0 Å². The van der Waals surface area contributed by atoms with Gasteiger partial charge in [-0.15, -0.1) is 0 Å². The van der Waals surface area contributed by atoms with Crippen LogP contribution < -0.4 is 10.6 Å². The molecule has 0 atom stereocenters. The highest BCUT2D eigenvalue weighted by atomic mass is 16.2. The Hall–Kier alpha value is -1.43. The molecule has 1 saturated heterocycles. The molecule has 1 aliphatic carbocycles. The zero-order chi connectivity index (χ0) is 14.0. The van der Waals surface area contributed by atoms with Crippen molar-refractivity contribution in [3.8, 4) is 0 Å². The molecular weight excluding hydrogens is 256 g/mol. The summed E-state index contributed by atoms with van der Waals surface area (Å²) in [7, 11) is 0. The van der Waals surface area contributed by atoms with Crippen molar-refractivity contribution in [3.63, 3.8) is 0 Å². The van der Waals surface area contributed by atoms with E-state index in [4.69, 9.17) is 0 Å². The SMILES string of the molecule is O=C1N=C(N2CCNCC2)NC(=O)C12CCCCCC2. The van der Waals surface area contributed by atoms with E-state index in [1.165, 1.54) is 0 Å². The van der Waals surface area contributed by atoms with Crippen LogP contribution in [0.5, 0.6) is 0 Å². The molecule has 6 heteroatoms. The number of carbonyl (C=O) groups is 2. The first-order valence-electron chi connectivity index (χ1n) is 7.63. The smallest absolute Gasteiger partial charge is 0.264 e. The van der Waals surface area contributed by atoms with E-state index < -0.39 is 5.41 Å². The van der Waals surface area contributed by atoms with Crippen molar-refractivity contribution in [2.24, 2.45) is 10.4 Å². The minimum absolute atomic E-state index is 0.132. The van der Waals surface area contributed by atoms with Crippen molar-refractivity contribution in [2.45, 2.75) is 38.5 Å². The van der Waals surface area contributed by atoms with E-state index in [1.54, 1.807) is 0 Å². The number of carbonyl (C=O) groups excluding carboxylic acids is 2. The Kier molecular flexibility index (Phi) is 3.74. The van der Waals surface area contributed by atoms with Crippen LogP contribution in [0.3, 0.4) is 0 Å². The van der Waals surface area contributed by atoms with E-state index in [0.29, 0.717) is 18.8 Å². The van der Waals surface area contributed by atoms with Crippen molar-refractivity contribution in [1.82, 2.24) is 15.5 Å². The normalized spacial score (nSPS) is 27.0. The van der Waals surface area contributed by atoms with Crippen molar-refractivity contribution in [3.05, 3.63) is 0 Å². The van der Waals surface area contributed by atoms with Crippen molar-refractivity contribution in [2.75, 3.05) is 26.2 Å². The van der Waals surface area contributed by atoms with Crippen LogP contribution in [0, 0.1) is 5.41 Å². The van der Waals surface area contributed by atoms with Gasteiger partial charge in [0.2, 0.25) is 11.9 Å². The second-order valence-corrected chi connectivity index (χ2v) is 5.93. The molecule has 20 heavy (non-hydrogen) atoms. The Labute approximate surface area is 119 Å².